The van der Waals surface area contributed by atoms with E-state index in [9.17, 15) is 9.59 Å². The molecule has 0 radical (unpaired) electrons. The van der Waals surface area contributed by atoms with Crippen molar-refractivity contribution in [2.75, 3.05) is 0 Å². The van der Waals surface area contributed by atoms with Gasteiger partial charge in [-0.3, -0.25) is 5.32 Å². The minimum absolute atomic E-state index is 0.398. The van der Waals surface area contributed by atoms with Crippen molar-refractivity contribution in [3.05, 3.63) is 71.8 Å². The Morgan fingerprint density at radius 3 is 1.67 bits per heavy atom. The van der Waals surface area contributed by atoms with Crippen LogP contribution in [0.3, 0.4) is 0 Å². The fourth-order valence-electron chi connectivity index (χ4n) is 1.99. The summed E-state index contributed by atoms with van der Waals surface area (Å²) in [5.41, 5.74) is 6.98. The lowest BCUT2D eigenvalue weighted by Gasteiger charge is -2.22. The number of imide groups is 1. The van der Waals surface area contributed by atoms with Crippen LogP contribution in [0.2, 0.25) is 0 Å². The minimum atomic E-state index is -0.855. The zero-order valence-electron chi connectivity index (χ0n) is 11.5. The van der Waals surface area contributed by atoms with Crippen LogP contribution in [0.25, 0.3) is 0 Å². The SMILES string of the molecule is NC(=O)NC(=O)N(Cc1ccccc1)Cc1ccccc1. The molecule has 0 aliphatic rings. The van der Waals surface area contributed by atoms with E-state index in [1.807, 2.05) is 60.7 Å². The molecular weight excluding hydrogens is 266 g/mol. The molecule has 5 heteroatoms. The minimum Gasteiger partial charge on any atom is -0.351 e. The summed E-state index contributed by atoms with van der Waals surface area (Å²) in [4.78, 5) is 24.5. The molecule has 4 amide bonds. The first-order valence-electron chi connectivity index (χ1n) is 6.58. The first-order valence-corrected chi connectivity index (χ1v) is 6.58. The van der Waals surface area contributed by atoms with E-state index < -0.39 is 12.1 Å². The van der Waals surface area contributed by atoms with Gasteiger partial charge in [-0.1, -0.05) is 60.7 Å². The van der Waals surface area contributed by atoms with E-state index >= 15 is 0 Å². The van der Waals surface area contributed by atoms with Crippen LogP contribution in [0.5, 0.6) is 0 Å². The normalized spacial score (nSPS) is 9.90. The van der Waals surface area contributed by atoms with E-state index in [1.54, 1.807) is 0 Å². The quantitative estimate of drug-likeness (QED) is 0.904. The van der Waals surface area contributed by atoms with E-state index in [1.165, 1.54) is 4.90 Å². The summed E-state index contributed by atoms with van der Waals surface area (Å²) in [5, 5.41) is 2.11. The maximum absolute atomic E-state index is 12.1. The highest BCUT2D eigenvalue weighted by molar-refractivity contribution is 5.92. The highest BCUT2D eigenvalue weighted by Gasteiger charge is 2.15. The second kappa shape index (κ2) is 7.09. The molecule has 2 aromatic rings. The van der Waals surface area contributed by atoms with Gasteiger partial charge in [0.2, 0.25) is 0 Å². The topological polar surface area (TPSA) is 75.4 Å². The fourth-order valence-corrected chi connectivity index (χ4v) is 1.99. The third-order valence-electron chi connectivity index (χ3n) is 2.95. The van der Waals surface area contributed by atoms with Crippen LogP contribution in [0.15, 0.2) is 60.7 Å². The first-order chi connectivity index (χ1) is 10.1. The van der Waals surface area contributed by atoms with Crippen LogP contribution in [0, 0.1) is 0 Å². The van der Waals surface area contributed by atoms with Crippen molar-refractivity contribution in [3.8, 4) is 0 Å². The highest BCUT2D eigenvalue weighted by Crippen LogP contribution is 2.10. The molecule has 2 aromatic carbocycles. The molecule has 0 saturated heterocycles. The van der Waals surface area contributed by atoms with Crippen molar-refractivity contribution < 1.29 is 9.59 Å². The molecule has 0 aliphatic carbocycles. The van der Waals surface area contributed by atoms with Gasteiger partial charge in [-0.05, 0) is 11.1 Å². The molecular formula is C16H17N3O2. The van der Waals surface area contributed by atoms with Gasteiger partial charge in [-0.15, -0.1) is 0 Å². The second-order valence-corrected chi connectivity index (χ2v) is 4.62. The maximum Gasteiger partial charge on any atom is 0.326 e. The number of urea groups is 2. The number of primary amides is 1. The predicted octanol–water partition coefficient (Wildman–Crippen LogP) is 2.48. The van der Waals surface area contributed by atoms with Crippen LogP contribution >= 0.6 is 0 Å². The number of nitrogens with two attached hydrogens (primary N) is 1. The number of benzene rings is 2. The molecule has 3 N–H and O–H groups in total. The van der Waals surface area contributed by atoms with E-state index in [0.29, 0.717) is 13.1 Å². The number of carbonyl (C=O) groups excluding carboxylic acids is 2. The van der Waals surface area contributed by atoms with Crippen LogP contribution in [0.4, 0.5) is 9.59 Å². The van der Waals surface area contributed by atoms with Crippen molar-refractivity contribution in [3.63, 3.8) is 0 Å². The van der Waals surface area contributed by atoms with Crippen molar-refractivity contribution in [1.29, 1.82) is 0 Å². The van der Waals surface area contributed by atoms with Crippen LogP contribution in [-0.2, 0) is 13.1 Å². The van der Waals surface area contributed by atoms with Crippen LogP contribution in [-0.4, -0.2) is 17.0 Å². The molecule has 0 atom stereocenters. The van der Waals surface area contributed by atoms with Gasteiger partial charge in [0.05, 0.1) is 0 Å². The monoisotopic (exact) mass is 283 g/mol. The number of rotatable bonds is 4. The zero-order chi connectivity index (χ0) is 15.1. The number of nitrogens with one attached hydrogen (secondary N) is 1. The van der Waals surface area contributed by atoms with Gasteiger partial charge in [0.25, 0.3) is 0 Å². The fraction of sp³-hybridized carbons (Fsp3) is 0.125. The zero-order valence-corrected chi connectivity index (χ0v) is 11.5. The van der Waals surface area contributed by atoms with Gasteiger partial charge in [0.1, 0.15) is 0 Å². The number of hydrogen-bond acceptors (Lipinski definition) is 2. The van der Waals surface area contributed by atoms with E-state index in [2.05, 4.69) is 5.32 Å². The van der Waals surface area contributed by atoms with Crippen molar-refractivity contribution >= 4 is 12.1 Å². The van der Waals surface area contributed by atoms with E-state index in [-0.39, 0.29) is 0 Å². The summed E-state index contributed by atoms with van der Waals surface area (Å²) in [6.45, 7) is 0.795. The Morgan fingerprint density at radius 1 is 0.857 bits per heavy atom. The largest absolute Gasteiger partial charge is 0.351 e. The summed E-state index contributed by atoms with van der Waals surface area (Å²) in [6.07, 6.45) is 0. The maximum atomic E-state index is 12.1. The van der Waals surface area contributed by atoms with Crippen LogP contribution in [0.1, 0.15) is 11.1 Å². The molecule has 5 nitrogen and oxygen atoms in total. The lowest BCUT2D eigenvalue weighted by Crippen LogP contribution is -2.44. The molecule has 0 heterocycles. The average molecular weight is 283 g/mol. The Bertz CT molecular complexity index is 558. The molecule has 2 rings (SSSR count). The van der Waals surface area contributed by atoms with Crippen molar-refractivity contribution in [1.82, 2.24) is 10.2 Å². The third kappa shape index (κ3) is 4.65. The molecule has 0 fully saturated rings. The summed E-state index contributed by atoms with van der Waals surface area (Å²) in [7, 11) is 0. The molecule has 0 aromatic heterocycles. The van der Waals surface area contributed by atoms with Gasteiger partial charge in [-0.25, -0.2) is 9.59 Å². The van der Waals surface area contributed by atoms with E-state index in [4.69, 9.17) is 5.73 Å². The van der Waals surface area contributed by atoms with Gasteiger partial charge >= 0.3 is 12.1 Å². The van der Waals surface area contributed by atoms with Gasteiger partial charge in [0, 0.05) is 13.1 Å². The molecule has 0 bridgehead atoms. The Balaban J connectivity index is 2.13. The molecule has 108 valence electrons. The van der Waals surface area contributed by atoms with Gasteiger partial charge in [-0.2, -0.15) is 0 Å². The summed E-state index contributed by atoms with van der Waals surface area (Å²) in [5.74, 6) is 0. The lowest BCUT2D eigenvalue weighted by atomic mass is 10.2. The number of nitrogens with zero attached hydrogens (tertiary/aromatic N) is 1. The summed E-state index contributed by atoms with van der Waals surface area (Å²) in [6, 6.07) is 17.8. The lowest BCUT2D eigenvalue weighted by molar-refractivity contribution is 0.191. The molecule has 0 aliphatic heterocycles. The molecule has 0 saturated carbocycles. The number of carbonyl (C=O) groups is 2. The van der Waals surface area contributed by atoms with Gasteiger partial charge < -0.3 is 10.6 Å². The predicted molar refractivity (Wildman–Crippen MR) is 80.2 cm³/mol. The standard InChI is InChI=1S/C16H17N3O2/c17-15(20)18-16(21)19(11-13-7-3-1-4-8-13)12-14-9-5-2-6-10-14/h1-10H,11-12H2,(H3,17,18,20,21). The Labute approximate surface area is 123 Å². The number of hydrogen-bond donors (Lipinski definition) is 2. The molecule has 0 spiro atoms. The smallest absolute Gasteiger partial charge is 0.326 e. The van der Waals surface area contributed by atoms with E-state index in [0.717, 1.165) is 11.1 Å². The van der Waals surface area contributed by atoms with Gasteiger partial charge in [0.15, 0.2) is 0 Å². The average Bonchev–Trinajstić information content (AvgIpc) is 2.48. The highest BCUT2D eigenvalue weighted by atomic mass is 16.2. The van der Waals surface area contributed by atoms with Crippen molar-refractivity contribution in [2.24, 2.45) is 5.73 Å². The molecule has 21 heavy (non-hydrogen) atoms. The Morgan fingerprint density at radius 2 is 1.29 bits per heavy atom. The summed E-state index contributed by atoms with van der Waals surface area (Å²) < 4.78 is 0. The van der Waals surface area contributed by atoms with Crippen LogP contribution < -0.4 is 11.1 Å². The Kier molecular flexibility index (Phi) is 4.93. The number of amides is 4. The second-order valence-electron chi connectivity index (χ2n) is 4.62. The first kappa shape index (κ1) is 14.6. The Hall–Kier alpha value is -2.82. The molecule has 0 unspecified atom stereocenters. The summed E-state index contributed by atoms with van der Waals surface area (Å²) >= 11 is 0. The third-order valence-corrected chi connectivity index (χ3v) is 2.95. The van der Waals surface area contributed by atoms with Crippen molar-refractivity contribution in [2.45, 2.75) is 13.1 Å².